The maximum Gasteiger partial charge on any atom is 0.410 e. The molecule has 2 aliphatic rings. The number of nitrogens with zero attached hydrogens (tertiary/aromatic N) is 5. The number of amides is 2. The highest BCUT2D eigenvalue weighted by atomic mass is 16.6. The topological polar surface area (TPSA) is 115 Å². The number of carbonyl (C=O) groups excluding carboxylic acids is 2. The van der Waals surface area contributed by atoms with Crippen LogP contribution < -0.4 is 5.32 Å². The van der Waals surface area contributed by atoms with Crippen LogP contribution in [0.2, 0.25) is 0 Å². The van der Waals surface area contributed by atoms with Gasteiger partial charge in [-0.2, -0.15) is 0 Å². The fraction of sp³-hybridized carbons (Fsp3) is 0.480. The molecule has 2 fully saturated rings. The third-order valence-electron chi connectivity index (χ3n) is 6.19. The average molecular weight is 479 g/mol. The molecule has 1 aliphatic heterocycles. The van der Waals surface area contributed by atoms with Crippen LogP contribution in [-0.2, 0) is 11.3 Å². The first kappa shape index (κ1) is 23.1. The Kier molecular flexibility index (Phi) is 6.04. The number of likely N-dealkylation sites (tertiary alicyclic amines) is 1. The van der Waals surface area contributed by atoms with Gasteiger partial charge in [0.05, 0.1) is 25.0 Å². The summed E-state index contributed by atoms with van der Waals surface area (Å²) in [6.45, 7) is 6.25. The van der Waals surface area contributed by atoms with Gasteiger partial charge in [-0.25, -0.2) is 9.78 Å². The molecule has 3 heterocycles. The summed E-state index contributed by atoms with van der Waals surface area (Å²) in [5, 5.41) is 10.8. The zero-order chi connectivity index (χ0) is 24.6. The maximum absolute atomic E-state index is 13.0. The quantitative estimate of drug-likeness (QED) is 0.575. The predicted molar refractivity (Wildman–Crippen MR) is 127 cm³/mol. The van der Waals surface area contributed by atoms with E-state index < -0.39 is 17.6 Å². The number of aromatic nitrogens is 4. The summed E-state index contributed by atoms with van der Waals surface area (Å²) < 4.78 is 13.1. The Balaban J connectivity index is 1.28. The summed E-state index contributed by atoms with van der Waals surface area (Å²) >= 11 is 0. The second-order valence-corrected chi connectivity index (χ2v) is 10.2. The Morgan fingerprint density at radius 3 is 2.74 bits per heavy atom. The van der Waals surface area contributed by atoms with Crippen molar-refractivity contribution in [1.82, 2.24) is 30.2 Å². The van der Waals surface area contributed by atoms with Crippen LogP contribution in [0.25, 0.3) is 11.3 Å². The molecule has 0 radical (unpaired) electrons. The summed E-state index contributed by atoms with van der Waals surface area (Å²) in [7, 11) is 0. The number of nitrogens with one attached hydrogen (secondary N) is 1. The van der Waals surface area contributed by atoms with Crippen molar-refractivity contribution in [2.45, 2.75) is 70.2 Å². The van der Waals surface area contributed by atoms with E-state index in [2.05, 4.69) is 26.7 Å². The van der Waals surface area contributed by atoms with Gasteiger partial charge in [0.15, 0.2) is 5.76 Å². The van der Waals surface area contributed by atoms with Gasteiger partial charge < -0.3 is 19.4 Å². The van der Waals surface area contributed by atoms with Gasteiger partial charge >= 0.3 is 12.0 Å². The number of benzene rings is 1. The van der Waals surface area contributed by atoms with Gasteiger partial charge in [-0.1, -0.05) is 29.5 Å². The summed E-state index contributed by atoms with van der Waals surface area (Å²) in [5.74, 6) is 0.737. The first-order valence-electron chi connectivity index (χ1n) is 12.0. The molecule has 1 N–H and O–H groups in total. The normalized spacial score (nSPS) is 20.1. The molecule has 184 valence electrons. The van der Waals surface area contributed by atoms with Crippen LogP contribution in [0.5, 0.6) is 0 Å². The van der Waals surface area contributed by atoms with Gasteiger partial charge in [0.25, 0.3) is 5.89 Å². The zero-order valence-corrected chi connectivity index (χ0v) is 20.2. The Hall–Kier alpha value is -3.69. The third-order valence-corrected chi connectivity index (χ3v) is 6.19. The third kappa shape index (κ3) is 5.36. The van der Waals surface area contributed by atoms with Gasteiger partial charge in [-0.15, -0.1) is 5.10 Å². The van der Waals surface area contributed by atoms with Crippen molar-refractivity contribution < 1.29 is 18.7 Å². The number of ether oxygens (including phenoxy) is 1. The Morgan fingerprint density at radius 1 is 1.23 bits per heavy atom. The molecule has 10 nitrogen and oxygen atoms in total. The minimum Gasteiger partial charge on any atom is -0.444 e. The van der Waals surface area contributed by atoms with Gasteiger partial charge in [0.1, 0.15) is 5.60 Å². The van der Waals surface area contributed by atoms with Crippen LogP contribution in [0, 0.1) is 0 Å². The molecule has 1 saturated carbocycles. The van der Waals surface area contributed by atoms with Crippen molar-refractivity contribution in [3.05, 3.63) is 54.3 Å². The largest absolute Gasteiger partial charge is 0.444 e. The highest BCUT2D eigenvalue weighted by Gasteiger charge is 2.39. The summed E-state index contributed by atoms with van der Waals surface area (Å²) in [6, 6.07) is 7.60. The van der Waals surface area contributed by atoms with Crippen molar-refractivity contribution in [1.29, 1.82) is 0 Å². The van der Waals surface area contributed by atoms with Crippen LogP contribution in [0.15, 0.2) is 47.3 Å². The van der Waals surface area contributed by atoms with Crippen molar-refractivity contribution >= 4 is 12.0 Å². The summed E-state index contributed by atoms with van der Waals surface area (Å²) in [5.41, 5.74) is 1.59. The zero-order valence-electron chi connectivity index (χ0n) is 20.2. The molecule has 0 unspecified atom stereocenters. The standard InChI is InChI=1S/C25H30N6O4/c1-25(2,3)35-24(33)31-14-17(12-18(31)15-30-11-10-27-29-30)28-22(32)23-26-13-21(34-23)20-7-5-4-6-19(20)16-8-9-16/h4-7,10-11,13,16-18H,8-9,12,14-15H2,1-3H3,(H,28,32)/t17-,18+/m1/s1. The van der Waals surface area contributed by atoms with Gasteiger partial charge in [-0.05, 0) is 51.5 Å². The van der Waals surface area contributed by atoms with Crippen LogP contribution in [0.3, 0.4) is 0 Å². The van der Waals surface area contributed by atoms with Crippen LogP contribution in [-0.4, -0.2) is 61.1 Å². The summed E-state index contributed by atoms with van der Waals surface area (Å²) in [4.78, 5) is 31.7. The lowest BCUT2D eigenvalue weighted by atomic mass is 10.0. The SMILES string of the molecule is CC(C)(C)OC(=O)N1C[C@H](NC(=O)c2ncc(-c3ccccc3C3CC3)o2)C[C@H]1Cn1ccnn1. The number of carbonyl (C=O) groups is 2. The molecular formula is C25H30N6O4. The first-order chi connectivity index (χ1) is 16.8. The Bertz CT molecular complexity index is 1190. The number of hydrogen-bond acceptors (Lipinski definition) is 7. The van der Waals surface area contributed by atoms with E-state index in [1.165, 1.54) is 18.4 Å². The molecule has 5 rings (SSSR count). The second kappa shape index (κ2) is 9.16. The van der Waals surface area contributed by atoms with Crippen molar-refractivity contribution in [2.24, 2.45) is 0 Å². The molecule has 3 aromatic rings. The molecule has 0 spiro atoms. The second-order valence-electron chi connectivity index (χ2n) is 10.2. The minimum absolute atomic E-state index is 0.00847. The van der Waals surface area contributed by atoms with Crippen LogP contribution in [0.1, 0.15) is 62.2 Å². The lowest BCUT2D eigenvalue weighted by Gasteiger charge is -2.28. The van der Waals surface area contributed by atoms with E-state index in [1.54, 1.807) is 28.2 Å². The molecule has 2 atom stereocenters. The minimum atomic E-state index is -0.624. The summed E-state index contributed by atoms with van der Waals surface area (Å²) in [6.07, 6.45) is 7.40. The predicted octanol–water partition coefficient (Wildman–Crippen LogP) is 3.62. The highest BCUT2D eigenvalue weighted by molar-refractivity contribution is 5.90. The van der Waals surface area contributed by atoms with E-state index in [9.17, 15) is 9.59 Å². The maximum atomic E-state index is 13.0. The molecule has 35 heavy (non-hydrogen) atoms. The van der Waals surface area contributed by atoms with Crippen molar-refractivity contribution in [3.63, 3.8) is 0 Å². The number of oxazole rings is 1. The van der Waals surface area contributed by atoms with Crippen LogP contribution in [0.4, 0.5) is 4.79 Å². The first-order valence-corrected chi connectivity index (χ1v) is 12.0. The lowest BCUT2D eigenvalue weighted by Crippen LogP contribution is -2.43. The van der Waals surface area contributed by atoms with Gasteiger partial charge in [0.2, 0.25) is 0 Å². The lowest BCUT2D eigenvalue weighted by molar-refractivity contribution is 0.0207. The van der Waals surface area contributed by atoms with Gasteiger partial charge in [0, 0.05) is 24.3 Å². The molecular weight excluding hydrogens is 448 g/mol. The Labute approximate surface area is 203 Å². The van der Waals surface area contributed by atoms with E-state index in [0.717, 1.165) is 5.56 Å². The fourth-order valence-corrected chi connectivity index (χ4v) is 4.51. The van der Waals surface area contributed by atoms with Gasteiger partial charge in [-0.3, -0.25) is 9.48 Å². The van der Waals surface area contributed by atoms with E-state index in [-0.39, 0.29) is 18.0 Å². The van der Waals surface area contributed by atoms with Crippen molar-refractivity contribution in [2.75, 3.05) is 6.54 Å². The van der Waals surface area contributed by atoms with Crippen LogP contribution >= 0.6 is 0 Å². The van der Waals surface area contributed by atoms with E-state index >= 15 is 0 Å². The smallest absolute Gasteiger partial charge is 0.410 e. The van der Waals surface area contributed by atoms with Crippen molar-refractivity contribution in [3.8, 4) is 11.3 Å². The monoisotopic (exact) mass is 478 g/mol. The Morgan fingerprint density at radius 2 is 2.03 bits per heavy atom. The van der Waals surface area contributed by atoms with E-state index in [0.29, 0.717) is 31.2 Å². The van der Waals surface area contributed by atoms with E-state index in [4.69, 9.17) is 9.15 Å². The van der Waals surface area contributed by atoms with E-state index in [1.807, 2.05) is 39.0 Å². The molecule has 0 bridgehead atoms. The highest BCUT2D eigenvalue weighted by Crippen LogP contribution is 2.44. The molecule has 1 saturated heterocycles. The molecule has 1 aromatic carbocycles. The fourth-order valence-electron chi connectivity index (χ4n) is 4.51. The average Bonchev–Trinajstić information content (AvgIpc) is 3.17. The number of hydrogen-bond donors (Lipinski definition) is 1. The molecule has 2 aromatic heterocycles. The molecule has 10 heteroatoms. The number of rotatable bonds is 6. The molecule has 1 aliphatic carbocycles. The molecule has 2 amide bonds.